The molecule has 3 fully saturated rings. The average Bonchev–Trinajstić information content (AvgIpc) is 2.74. The number of hydrogen-bond acceptors (Lipinski definition) is 9. The highest BCUT2D eigenvalue weighted by atomic mass is 32.2. The van der Waals surface area contributed by atoms with Gasteiger partial charge in [-0.3, -0.25) is 13.7 Å². The van der Waals surface area contributed by atoms with Crippen LogP contribution in [0.5, 0.6) is 0 Å². The van der Waals surface area contributed by atoms with E-state index in [4.69, 9.17) is 30.9 Å². The molecule has 9 N–H and O–H groups in total. The SMILES string of the molecule is CC1CCC(N)C(C)C1.CC1CCC(N)C(C)C1.CC1CCC(N)C(C)C1.CS(=O)(=O)O.CS(=O)(=O)O.CS(=O)(=O)O. The first kappa shape index (κ1) is 46.0. The van der Waals surface area contributed by atoms with Gasteiger partial charge >= 0.3 is 0 Å². The molecule has 0 heterocycles. The van der Waals surface area contributed by atoms with Gasteiger partial charge in [0.15, 0.2) is 0 Å². The molecule has 0 amide bonds. The maximum atomic E-state index is 9.19. The second-order valence-electron chi connectivity index (χ2n) is 12.9. The smallest absolute Gasteiger partial charge is 0.261 e. The van der Waals surface area contributed by atoms with Gasteiger partial charge in [-0.15, -0.1) is 0 Å². The summed E-state index contributed by atoms with van der Waals surface area (Å²) in [5.41, 5.74) is 17.5. The Kier molecular flexibility index (Phi) is 24.3. The van der Waals surface area contributed by atoms with E-state index in [0.717, 1.165) is 35.5 Å². The fraction of sp³-hybridized carbons (Fsp3) is 1.00. The van der Waals surface area contributed by atoms with Crippen molar-refractivity contribution < 1.29 is 38.9 Å². The van der Waals surface area contributed by atoms with Gasteiger partial charge in [0.1, 0.15) is 0 Å². The van der Waals surface area contributed by atoms with Crippen molar-refractivity contribution in [1.82, 2.24) is 0 Å². The fourth-order valence-electron chi connectivity index (χ4n) is 5.07. The maximum absolute atomic E-state index is 9.19. The minimum atomic E-state index is -3.67. The zero-order valence-electron chi connectivity index (χ0n) is 27.3. The van der Waals surface area contributed by atoms with Crippen LogP contribution in [0.2, 0.25) is 0 Å². The predicted octanol–water partition coefficient (Wildman–Crippen LogP) is 3.82. The Balaban J connectivity index is -0.000000446. The third-order valence-electron chi connectivity index (χ3n) is 7.49. The lowest BCUT2D eigenvalue weighted by molar-refractivity contribution is 0.263. The van der Waals surface area contributed by atoms with E-state index in [1.807, 2.05) is 0 Å². The van der Waals surface area contributed by atoms with Crippen molar-refractivity contribution in [3.05, 3.63) is 0 Å². The van der Waals surface area contributed by atoms with Crippen LogP contribution >= 0.6 is 0 Å². The van der Waals surface area contributed by atoms with E-state index in [0.29, 0.717) is 36.9 Å². The number of rotatable bonds is 0. The van der Waals surface area contributed by atoms with E-state index in [1.54, 1.807) is 0 Å². The van der Waals surface area contributed by atoms with Crippen LogP contribution in [-0.2, 0) is 30.4 Å². The second-order valence-corrected chi connectivity index (χ2v) is 17.3. The van der Waals surface area contributed by atoms with Gasteiger partial charge in [0.05, 0.1) is 18.8 Å². The van der Waals surface area contributed by atoms with Crippen LogP contribution in [0, 0.1) is 35.5 Å². The molecule has 0 aliphatic heterocycles. The zero-order chi connectivity index (χ0) is 34.1. The quantitative estimate of drug-likeness (QED) is 0.202. The van der Waals surface area contributed by atoms with Crippen molar-refractivity contribution in [3.63, 3.8) is 0 Å². The molecular weight excluding hydrogens is 607 g/mol. The van der Waals surface area contributed by atoms with Gasteiger partial charge in [-0.25, -0.2) is 0 Å². The van der Waals surface area contributed by atoms with Crippen LogP contribution < -0.4 is 17.2 Å². The number of nitrogens with two attached hydrogens (primary N) is 3. The highest BCUT2D eigenvalue weighted by Crippen LogP contribution is 2.28. The second kappa shape index (κ2) is 22.2. The third kappa shape index (κ3) is 39.6. The van der Waals surface area contributed by atoms with Gasteiger partial charge in [0, 0.05) is 18.1 Å². The van der Waals surface area contributed by atoms with Gasteiger partial charge in [0.25, 0.3) is 30.4 Å². The molecule has 3 saturated carbocycles. The Labute approximate surface area is 257 Å². The lowest BCUT2D eigenvalue weighted by Gasteiger charge is -2.29. The van der Waals surface area contributed by atoms with E-state index in [2.05, 4.69) is 41.5 Å². The molecule has 9 unspecified atom stereocenters. The van der Waals surface area contributed by atoms with E-state index in [-0.39, 0.29) is 0 Å². The molecule has 3 rings (SSSR count). The summed E-state index contributed by atoms with van der Waals surface area (Å²) in [6.07, 6.45) is 13.9. The standard InChI is InChI=1S/3C8H17N.3CH4O3S/c3*1-6-3-4-8(9)7(2)5-6;3*1-5(2,3)4/h3*6-8H,3-5,9H2,1-2H3;3*1H3,(H,2,3,4). The van der Waals surface area contributed by atoms with E-state index >= 15 is 0 Å². The van der Waals surface area contributed by atoms with Crippen molar-refractivity contribution in [2.24, 2.45) is 52.7 Å². The lowest BCUT2D eigenvalue weighted by atomic mass is 9.80. The number of hydrogen-bond donors (Lipinski definition) is 6. The Hall–Kier alpha value is -0.390. The molecule has 0 aromatic rings. The monoisotopic (exact) mass is 669 g/mol. The van der Waals surface area contributed by atoms with Crippen LogP contribution in [-0.4, -0.2) is 75.8 Å². The summed E-state index contributed by atoms with van der Waals surface area (Å²) in [6, 6.07) is 1.46. The van der Waals surface area contributed by atoms with Gasteiger partial charge in [0.2, 0.25) is 0 Å². The Morgan fingerprint density at radius 3 is 0.667 bits per heavy atom. The summed E-state index contributed by atoms with van der Waals surface area (Å²) >= 11 is 0. The molecule has 0 spiro atoms. The van der Waals surface area contributed by atoms with Crippen molar-refractivity contribution >= 4 is 30.4 Å². The molecule has 42 heavy (non-hydrogen) atoms. The fourth-order valence-corrected chi connectivity index (χ4v) is 5.07. The summed E-state index contributed by atoms with van der Waals surface area (Å²) in [5.74, 6) is 5.02. The molecule has 0 radical (unpaired) electrons. The van der Waals surface area contributed by atoms with Crippen LogP contribution in [0.1, 0.15) is 99.3 Å². The predicted molar refractivity (Wildman–Crippen MR) is 173 cm³/mol. The van der Waals surface area contributed by atoms with Crippen molar-refractivity contribution in [2.75, 3.05) is 18.8 Å². The minimum absolute atomic E-state index is 0.487. The third-order valence-corrected chi connectivity index (χ3v) is 7.49. The summed E-state index contributed by atoms with van der Waals surface area (Å²) in [6.45, 7) is 13.8. The molecule has 9 atom stereocenters. The molecular formula is C27H63N3O9S3. The largest absolute Gasteiger partial charge is 0.327 e. The van der Waals surface area contributed by atoms with Gasteiger partial charge in [-0.05, 0) is 93.3 Å². The first-order valence-electron chi connectivity index (χ1n) is 14.6. The molecule has 0 bridgehead atoms. The van der Waals surface area contributed by atoms with E-state index in [9.17, 15) is 25.3 Å². The highest BCUT2D eigenvalue weighted by molar-refractivity contribution is 7.85. The first-order chi connectivity index (χ1) is 18.6. The summed E-state index contributed by atoms with van der Waals surface area (Å²) < 4.78 is 77.6. The van der Waals surface area contributed by atoms with Gasteiger partial charge in [-0.2, -0.15) is 25.3 Å². The van der Waals surface area contributed by atoms with Crippen LogP contribution in [0.25, 0.3) is 0 Å². The van der Waals surface area contributed by atoms with Crippen LogP contribution in [0.3, 0.4) is 0 Å². The minimum Gasteiger partial charge on any atom is -0.327 e. The molecule has 3 aliphatic carbocycles. The summed E-state index contributed by atoms with van der Waals surface area (Å²) in [5, 5.41) is 0. The van der Waals surface area contributed by atoms with Crippen molar-refractivity contribution in [2.45, 2.75) is 117 Å². The van der Waals surface area contributed by atoms with Crippen LogP contribution in [0.4, 0.5) is 0 Å². The Morgan fingerprint density at radius 2 is 0.571 bits per heavy atom. The molecule has 258 valence electrons. The van der Waals surface area contributed by atoms with Crippen molar-refractivity contribution in [3.8, 4) is 0 Å². The van der Waals surface area contributed by atoms with Gasteiger partial charge < -0.3 is 17.2 Å². The maximum Gasteiger partial charge on any atom is 0.261 e. The summed E-state index contributed by atoms with van der Waals surface area (Å²) in [7, 11) is -11.0. The molecule has 12 nitrogen and oxygen atoms in total. The molecule has 3 aliphatic rings. The van der Waals surface area contributed by atoms with Gasteiger partial charge in [-0.1, -0.05) is 41.5 Å². The lowest BCUT2D eigenvalue weighted by Crippen LogP contribution is -2.33. The Bertz CT molecular complexity index is 857. The van der Waals surface area contributed by atoms with Crippen LogP contribution in [0.15, 0.2) is 0 Å². The molecule has 0 aromatic carbocycles. The Morgan fingerprint density at radius 1 is 0.429 bits per heavy atom. The molecule has 0 aromatic heterocycles. The van der Waals surface area contributed by atoms with Crippen molar-refractivity contribution in [1.29, 1.82) is 0 Å². The normalized spacial score (nSPS) is 33.1. The zero-order valence-corrected chi connectivity index (χ0v) is 29.8. The van der Waals surface area contributed by atoms with E-state index < -0.39 is 30.4 Å². The summed E-state index contributed by atoms with van der Waals surface area (Å²) in [4.78, 5) is 0. The molecule has 0 saturated heterocycles. The topological polar surface area (TPSA) is 241 Å². The van der Waals surface area contributed by atoms with E-state index in [1.165, 1.54) is 57.8 Å². The molecule has 15 heteroatoms. The highest BCUT2D eigenvalue weighted by Gasteiger charge is 2.23. The first-order valence-corrected chi connectivity index (χ1v) is 20.2. The average molecular weight is 670 g/mol.